The molecule has 1 atom stereocenters. The van der Waals surface area contributed by atoms with Crippen molar-refractivity contribution in [1.82, 2.24) is 0 Å². The average molecular weight is 228 g/mol. The summed E-state index contributed by atoms with van der Waals surface area (Å²) in [5, 5.41) is 0. The van der Waals surface area contributed by atoms with Crippen molar-refractivity contribution in [2.75, 3.05) is 0 Å². The first-order chi connectivity index (χ1) is 6.74. The van der Waals surface area contributed by atoms with Crippen LogP contribution in [0.25, 0.3) is 0 Å². The van der Waals surface area contributed by atoms with Gasteiger partial charge in [0.05, 0.1) is 0 Å². The molecule has 0 radical (unpaired) electrons. The highest BCUT2D eigenvalue weighted by Crippen LogP contribution is 2.17. The fraction of sp³-hybridized carbons (Fsp3) is 0.538. The highest BCUT2D eigenvalue weighted by Gasteiger charge is 2.04. The maximum absolute atomic E-state index is 6.10. The van der Waals surface area contributed by atoms with Gasteiger partial charge in [-0.25, -0.2) is 0 Å². The Labute approximate surface area is 99.5 Å². The summed E-state index contributed by atoms with van der Waals surface area (Å²) in [6.45, 7) is 4.33. The molecule has 0 bridgehead atoms. The third-order valence-electron chi connectivity index (χ3n) is 2.59. The molecule has 1 aromatic rings. The van der Waals surface area contributed by atoms with Gasteiger partial charge in [-0.05, 0) is 18.9 Å². The van der Waals surface area contributed by atoms with E-state index in [1.807, 2.05) is 0 Å². The van der Waals surface area contributed by atoms with Crippen molar-refractivity contribution < 1.29 is 0 Å². The average Bonchev–Trinajstić information content (AvgIpc) is 2.18. The van der Waals surface area contributed by atoms with Crippen LogP contribution in [0.3, 0.4) is 0 Å². The lowest BCUT2D eigenvalue weighted by Crippen LogP contribution is -2.10. The number of hydrogen-bond acceptors (Lipinski definition) is 1. The fourth-order valence-electron chi connectivity index (χ4n) is 1.68. The van der Waals surface area contributed by atoms with E-state index in [9.17, 15) is 0 Å². The zero-order valence-electron chi connectivity index (χ0n) is 9.70. The molecule has 0 fully saturated rings. The molecule has 1 rings (SSSR count). The van der Waals surface area contributed by atoms with Crippen molar-refractivity contribution in [3.8, 4) is 0 Å². The summed E-state index contributed by atoms with van der Waals surface area (Å²) < 4.78 is 0. The smallest absolute Gasteiger partial charge is 0.0294 e. The van der Waals surface area contributed by atoms with Crippen molar-refractivity contribution in [3.63, 3.8) is 0 Å². The van der Waals surface area contributed by atoms with E-state index in [1.54, 1.807) is 0 Å². The van der Waals surface area contributed by atoms with E-state index < -0.39 is 0 Å². The lowest BCUT2D eigenvalue weighted by molar-refractivity contribution is 0.581. The third-order valence-corrected chi connectivity index (χ3v) is 2.59. The molecule has 0 amide bonds. The second-order valence-electron chi connectivity index (χ2n) is 4.02. The van der Waals surface area contributed by atoms with Gasteiger partial charge in [0.15, 0.2) is 0 Å². The van der Waals surface area contributed by atoms with Gasteiger partial charge in [-0.2, -0.15) is 0 Å². The Hall–Kier alpha value is -0.530. The van der Waals surface area contributed by atoms with E-state index >= 15 is 0 Å². The molecule has 1 nitrogen and oxygen atoms in total. The van der Waals surface area contributed by atoms with Gasteiger partial charge in [0, 0.05) is 6.04 Å². The molecule has 0 aliphatic rings. The van der Waals surface area contributed by atoms with Crippen LogP contribution >= 0.6 is 12.4 Å². The van der Waals surface area contributed by atoms with Crippen molar-refractivity contribution in [2.45, 2.75) is 45.6 Å². The molecule has 0 aromatic heterocycles. The van der Waals surface area contributed by atoms with Gasteiger partial charge in [0.25, 0.3) is 0 Å². The fourth-order valence-corrected chi connectivity index (χ4v) is 1.68. The third kappa shape index (κ3) is 5.19. The lowest BCUT2D eigenvalue weighted by atomic mass is 10.00. The number of nitrogens with two attached hydrogens (primary N) is 1. The van der Waals surface area contributed by atoms with Crippen LogP contribution in [0.2, 0.25) is 0 Å². The molecule has 15 heavy (non-hydrogen) atoms. The quantitative estimate of drug-likeness (QED) is 0.757. The zero-order chi connectivity index (χ0) is 10.4. The van der Waals surface area contributed by atoms with Gasteiger partial charge >= 0.3 is 0 Å². The second kappa shape index (κ2) is 7.72. The van der Waals surface area contributed by atoms with E-state index in [-0.39, 0.29) is 18.4 Å². The number of halogens is 1. The predicted octanol–water partition coefficient (Wildman–Crippen LogP) is 4.00. The van der Waals surface area contributed by atoms with Crippen LogP contribution in [0.4, 0.5) is 0 Å². The Morgan fingerprint density at radius 2 is 2.00 bits per heavy atom. The van der Waals surface area contributed by atoms with Gasteiger partial charge in [-0.15, -0.1) is 12.4 Å². The summed E-state index contributed by atoms with van der Waals surface area (Å²) in [6, 6.07) is 8.74. The van der Waals surface area contributed by atoms with E-state index in [2.05, 4.69) is 38.1 Å². The second-order valence-corrected chi connectivity index (χ2v) is 4.02. The van der Waals surface area contributed by atoms with Crippen LogP contribution in [-0.2, 0) is 0 Å². The summed E-state index contributed by atoms with van der Waals surface area (Å²) >= 11 is 0. The molecule has 0 heterocycles. The largest absolute Gasteiger partial charge is 0.324 e. The first-order valence-corrected chi connectivity index (χ1v) is 5.56. The number of hydrogen-bond donors (Lipinski definition) is 1. The summed E-state index contributed by atoms with van der Waals surface area (Å²) in [7, 11) is 0. The van der Waals surface area contributed by atoms with Gasteiger partial charge in [-0.1, -0.05) is 56.0 Å². The molecule has 2 N–H and O–H groups in total. The van der Waals surface area contributed by atoms with Crippen LogP contribution < -0.4 is 5.73 Å². The number of rotatable bonds is 5. The first-order valence-electron chi connectivity index (χ1n) is 5.56. The Morgan fingerprint density at radius 1 is 1.27 bits per heavy atom. The van der Waals surface area contributed by atoms with Gasteiger partial charge in [-0.3, -0.25) is 0 Å². The standard InChI is InChI=1S/C13H21N.ClH/c1-3-4-5-9-13(14)12-8-6-7-11(2)10-12;/h6-8,10,13H,3-5,9,14H2,1-2H3;1H/t13-;/m1./s1. The van der Waals surface area contributed by atoms with E-state index in [0.29, 0.717) is 0 Å². The lowest BCUT2D eigenvalue weighted by Gasteiger charge is -2.12. The molecule has 2 heteroatoms. The maximum atomic E-state index is 6.10. The van der Waals surface area contributed by atoms with Crippen LogP contribution in [0.1, 0.15) is 49.8 Å². The molecule has 0 aliphatic carbocycles. The molecule has 1 aromatic carbocycles. The van der Waals surface area contributed by atoms with Gasteiger partial charge in [0.1, 0.15) is 0 Å². The van der Waals surface area contributed by atoms with Gasteiger partial charge < -0.3 is 5.73 Å². The van der Waals surface area contributed by atoms with Crippen LogP contribution in [0.15, 0.2) is 24.3 Å². The van der Waals surface area contributed by atoms with Gasteiger partial charge in [0.2, 0.25) is 0 Å². The van der Waals surface area contributed by atoms with Crippen molar-refractivity contribution in [2.24, 2.45) is 5.73 Å². The highest BCUT2D eigenvalue weighted by molar-refractivity contribution is 5.85. The minimum atomic E-state index is 0. The topological polar surface area (TPSA) is 26.0 Å². The van der Waals surface area contributed by atoms with Crippen LogP contribution in [0, 0.1) is 6.92 Å². The van der Waals surface area contributed by atoms with Crippen LogP contribution in [0.5, 0.6) is 0 Å². The molecule has 0 spiro atoms. The number of aryl methyl sites for hydroxylation is 1. The molecule has 86 valence electrons. The van der Waals surface area contributed by atoms with E-state index in [0.717, 1.165) is 6.42 Å². The van der Waals surface area contributed by atoms with Crippen molar-refractivity contribution in [3.05, 3.63) is 35.4 Å². The summed E-state index contributed by atoms with van der Waals surface area (Å²) in [6.07, 6.45) is 4.91. The number of benzene rings is 1. The zero-order valence-corrected chi connectivity index (χ0v) is 10.5. The van der Waals surface area contributed by atoms with E-state index in [4.69, 9.17) is 5.73 Å². The Balaban J connectivity index is 0.00000196. The molecular weight excluding hydrogens is 206 g/mol. The molecule has 0 aliphatic heterocycles. The Bertz CT molecular complexity index is 273. The monoisotopic (exact) mass is 227 g/mol. The summed E-state index contributed by atoms with van der Waals surface area (Å²) in [5.41, 5.74) is 8.68. The minimum Gasteiger partial charge on any atom is -0.324 e. The van der Waals surface area contributed by atoms with Crippen molar-refractivity contribution >= 4 is 12.4 Å². The van der Waals surface area contributed by atoms with Crippen LogP contribution in [-0.4, -0.2) is 0 Å². The maximum Gasteiger partial charge on any atom is 0.0294 e. The Morgan fingerprint density at radius 3 is 2.60 bits per heavy atom. The number of unbranched alkanes of at least 4 members (excludes halogenated alkanes) is 2. The molecular formula is C13H22ClN. The molecule has 0 unspecified atom stereocenters. The SMILES string of the molecule is CCCCC[C@@H](N)c1cccc(C)c1.Cl. The normalized spacial score (nSPS) is 11.9. The first kappa shape index (κ1) is 14.5. The molecule has 0 saturated carbocycles. The summed E-state index contributed by atoms with van der Waals surface area (Å²) in [4.78, 5) is 0. The summed E-state index contributed by atoms with van der Waals surface area (Å²) in [5.74, 6) is 0. The highest BCUT2D eigenvalue weighted by atomic mass is 35.5. The molecule has 0 saturated heterocycles. The van der Waals surface area contributed by atoms with E-state index in [1.165, 1.54) is 30.4 Å². The Kier molecular flexibility index (Phi) is 7.45. The minimum absolute atomic E-state index is 0. The van der Waals surface area contributed by atoms with Crippen molar-refractivity contribution in [1.29, 1.82) is 0 Å². The predicted molar refractivity (Wildman–Crippen MR) is 69.5 cm³/mol.